The van der Waals surface area contributed by atoms with Gasteiger partial charge in [-0.25, -0.2) is 4.39 Å². The van der Waals surface area contributed by atoms with Gasteiger partial charge >= 0.3 is 5.69 Å². The van der Waals surface area contributed by atoms with E-state index in [9.17, 15) is 24.4 Å². The molecule has 0 atom stereocenters. The first-order valence-electron chi connectivity index (χ1n) is 6.94. The summed E-state index contributed by atoms with van der Waals surface area (Å²) in [4.78, 5) is 21.9. The van der Waals surface area contributed by atoms with Crippen LogP contribution in [0.4, 0.5) is 10.1 Å². The van der Waals surface area contributed by atoms with Crippen molar-refractivity contribution in [1.29, 1.82) is 0 Å². The van der Waals surface area contributed by atoms with Crippen LogP contribution >= 0.6 is 0 Å². The van der Waals surface area contributed by atoms with Crippen molar-refractivity contribution in [2.75, 3.05) is 7.11 Å². The van der Waals surface area contributed by atoms with E-state index in [0.717, 1.165) is 12.1 Å². The zero-order chi connectivity index (χ0) is 17.7. The second-order valence-electron chi connectivity index (χ2n) is 5.00. The highest BCUT2D eigenvalue weighted by atomic mass is 19.1. The molecule has 7 nitrogen and oxygen atoms in total. The van der Waals surface area contributed by atoms with Gasteiger partial charge in [0.1, 0.15) is 5.82 Å². The lowest BCUT2D eigenvalue weighted by molar-refractivity contribution is -0.385. The molecule has 0 aliphatic rings. The van der Waals surface area contributed by atoms with Crippen LogP contribution in [0.1, 0.15) is 21.5 Å². The number of carbonyl (C=O) groups excluding carboxylic acids is 1. The van der Waals surface area contributed by atoms with Crippen molar-refractivity contribution < 1.29 is 24.0 Å². The molecule has 0 aromatic heterocycles. The minimum Gasteiger partial charge on any atom is -0.502 e. The molecule has 0 saturated heterocycles. The molecule has 0 heterocycles. The van der Waals surface area contributed by atoms with E-state index in [2.05, 4.69) is 5.32 Å². The number of rotatable bonds is 6. The van der Waals surface area contributed by atoms with Gasteiger partial charge in [-0.2, -0.15) is 0 Å². The highest BCUT2D eigenvalue weighted by molar-refractivity contribution is 5.95. The van der Waals surface area contributed by atoms with Crippen molar-refractivity contribution in [3.8, 4) is 5.75 Å². The van der Waals surface area contributed by atoms with Gasteiger partial charge in [-0.15, -0.1) is 0 Å². The molecule has 8 heteroatoms. The average molecular weight is 334 g/mol. The van der Waals surface area contributed by atoms with E-state index in [1.54, 1.807) is 6.07 Å². The summed E-state index contributed by atoms with van der Waals surface area (Å²) in [5.41, 5.74) is 0.645. The number of benzene rings is 2. The third-order valence-electron chi connectivity index (χ3n) is 3.30. The van der Waals surface area contributed by atoms with Gasteiger partial charge in [0.05, 0.1) is 11.5 Å². The molecule has 126 valence electrons. The maximum Gasteiger partial charge on any atom is 0.310 e. The van der Waals surface area contributed by atoms with Crippen molar-refractivity contribution in [3.05, 3.63) is 69.0 Å². The maximum atomic E-state index is 13.5. The molecule has 2 N–H and O–H groups in total. The summed E-state index contributed by atoms with van der Waals surface area (Å²) in [6, 6.07) is 7.71. The van der Waals surface area contributed by atoms with E-state index in [4.69, 9.17) is 4.74 Å². The maximum absolute atomic E-state index is 13.5. The lowest BCUT2D eigenvalue weighted by atomic mass is 10.1. The smallest absolute Gasteiger partial charge is 0.310 e. The molecule has 0 bridgehead atoms. The predicted octanol–water partition coefficient (Wildman–Crippen LogP) is 2.52. The molecule has 0 saturated carbocycles. The van der Waals surface area contributed by atoms with Crippen LogP contribution in [0.5, 0.6) is 5.75 Å². The predicted molar refractivity (Wildman–Crippen MR) is 83.0 cm³/mol. The van der Waals surface area contributed by atoms with E-state index in [1.165, 1.54) is 25.3 Å². The monoisotopic (exact) mass is 334 g/mol. The zero-order valence-corrected chi connectivity index (χ0v) is 12.8. The highest BCUT2D eigenvalue weighted by Crippen LogP contribution is 2.26. The third kappa shape index (κ3) is 4.05. The molecule has 0 unspecified atom stereocenters. The Bertz CT molecular complexity index is 779. The first-order valence-corrected chi connectivity index (χ1v) is 6.94. The highest BCUT2D eigenvalue weighted by Gasteiger charge is 2.16. The van der Waals surface area contributed by atoms with E-state index in [1.807, 2.05) is 0 Å². The number of hydrogen-bond acceptors (Lipinski definition) is 5. The number of carbonyl (C=O) groups is 1. The molecule has 2 rings (SSSR count). The van der Waals surface area contributed by atoms with Crippen molar-refractivity contribution in [2.24, 2.45) is 0 Å². The number of nitrogens with one attached hydrogen (secondary N) is 1. The molecule has 1 amide bonds. The van der Waals surface area contributed by atoms with Crippen molar-refractivity contribution in [3.63, 3.8) is 0 Å². The number of amides is 1. The molecular weight excluding hydrogens is 319 g/mol. The van der Waals surface area contributed by atoms with Crippen LogP contribution in [0.25, 0.3) is 0 Å². The molecule has 0 radical (unpaired) electrons. The zero-order valence-electron chi connectivity index (χ0n) is 12.8. The fourth-order valence-corrected chi connectivity index (χ4v) is 2.11. The molecule has 2 aromatic carbocycles. The molecule has 2 aromatic rings. The van der Waals surface area contributed by atoms with Gasteiger partial charge in [-0.1, -0.05) is 6.07 Å². The number of nitrogens with zero attached hydrogens (tertiary/aromatic N) is 1. The standard InChI is InChI=1S/C16H15FN2O5/c1-24-9-12-6-10(2-4-13(12)17)8-18-16(21)11-3-5-14(19(22)23)15(20)7-11/h2-7,20H,8-9H2,1H3,(H,18,21). The Balaban J connectivity index is 2.07. The Morgan fingerprint density at radius 2 is 2.08 bits per heavy atom. The number of ether oxygens (including phenoxy) is 1. The number of hydrogen-bond donors (Lipinski definition) is 2. The second kappa shape index (κ2) is 7.51. The Morgan fingerprint density at radius 1 is 1.33 bits per heavy atom. The van der Waals surface area contributed by atoms with Gasteiger partial charge in [-0.05, 0) is 29.8 Å². The number of phenols is 1. The third-order valence-corrected chi connectivity index (χ3v) is 3.30. The van der Waals surface area contributed by atoms with Crippen molar-refractivity contribution in [2.45, 2.75) is 13.2 Å². The van der Waals surface area contributed by atoms with Crippen LogP contribution in [0, 0.1) is 15.9 Å². The van der Waals surface area contributed by atoms with Gasteiger partial charge in [0.25, 0.3) is 5.91 Å². The SMILES string of the molecule is COCc1cc(CNC(=O)c2ccc([N+](=O)[O-])c(O)c2)ccc1F. The summed E-state index contributed by atoms with van der Waals surface area (Å²) in [5.74, 6) is -1.50. The van der Waals surface area contributed by atoms with Crippen LogP contribution < -0.4 is 5.32 Å². The first-order chi connectivity index (χ1) is 11.4. The van der Waals surface area contributed by atoms with Crippen LogP contribution in [-0.4, -0.2) is 23.0 Å². The molecule has 0 aliphatic heterocycles. The van der Waals surface area contributed by atoms with E-state index in [0.29, 0.717) is 11.1 Å². The lowest BCUT2D eigenvalue weighted by Crippen LogP contribution is -2.22. The number of nitro benzene ring substituents is 1. The van der Waals surface area contributed by atoms with Crippen LogP contribution in [0.3, 0.4) is 0 Å². The number of phenolic OH excluding ortho intramolecular Hbond substituents is 1. The Labute approximate surface area is 136 Å². The van der Waals surface area contributed by atoms with Gasteiger partial charge in [0.15, 0.2) is 5.75 Å². The van der Waals surface area contributed by atoms with Gasteiger partial charge in [-0.3, -0.25) is 14.9 Å². The Hall–Kier alpha value is -3.00. The van der Waals surface area contributed by atoms with E-state index >= 15 is 0 Å². The topological polar surface area (TPSA) is 102 Å². The summed E-state index contributed by atoms with van der Waals surface area (Å²) in [5, 5.41) is 22.8. The van der Waals surface area contributed by atoms with Gasteiger partial charge in [0, 0.05) is 30.8 Å². The molecular formula is C16H15FN2O5. The van der Waals surface area contributed by atoms with E-state index in [-0.39, 0.29) is 18.7 Å². The van der Waals surface area contributed by atoms with Crippen molar-refractivity contribution in [1.82, 2.24) is 5.32 Å². The average Bonchev–Trinajstić information content (AvgIpc) is 2.55. The fraction of sp³-hybridized carbons (Fsp3) is 0.188. The number of nitro groups is 1. The summed E-state index contributed by atoms with van der Waals surface area (Å²) >= 11 is 0. The Morgan fingerprint density at radius 3 is 2.71 bits per heavy atom. The van der Waals surface area contributed by atoms with Crippen LogP contribution in [0.2, 0.25) is 0 Å². The van der Waals surface area contributed by atoms with Crippen LogP contribution in [0.15, 0.2) is 36.4 Å². The number of methoxy groups -OCH3 is 1. The summed E-state index contributed by atoms with van der Waals surface area (Å²) in [6.45, 7) is 0.247. The first kappa shape index (κ1) is 17.4. The molecule has 0 aliphatic carbocycles. The van der Waals surface area contributed by atoms with Crippen molar-refractivity contribution >= 4 is 11.6 Å². The lowest BCUT2D eigenvalue weighted by Gasteiger charge is -2.08. The van der Waals surface area contributed by atoms with Gasteiger partial charge in [0.2, 0.25) is 0 Å². The minimum atomic E-state index is -0.743. The molecule has 24 heavy (non-hydrogen) atoms. The van der Waals surface area contributed by atoms with Crippen LogP contribution in [-0.2, 0) is 17.9 Å². The Kier molecular flexibility index (Phi) is 5.43. The normalized spacial score (nSPS) is 10.4. The minimum absolute atomic E-state index is 0.0809. The summed E-state index contributed by atoms with van der Waals surface area (Å²) in [6.07, 6.45) is 0. The quantitative estimate of drug-likeness (QED) is 0.624. The van der Waals surface area contributed by atoms with Gasteiger partial charge < -0.3 is 15.2 Å². The largest absolute Gasteiger partial charge is 0.502 e. The molecule has 0 spiro atoms. The molecule has 0 fully saturated rings. The second-order valence-corrected chi connectivity index (χ2v) is 5.00. The number of aromatic hydroxyl groups is 1. The summed E-state index contributed by atoms with van der Waals surface area (Å²) in [7, 11) is 1.45. The summed E-state index contributed by atoms with van der Waals surface area (Å²) < 4.78 is 18.4. The van der Waals surface area contributed by atoms with E-state index < -0.39 is 28.1 Å². The number of halogens is 1. The fourth-order valence-electron chi connectivity index (χ4n) is 2.11.